The number of aryl methyl sites for hydroxylation is 1. The molecule has 0 N–H and O–H groups in total. The number of ether oxygens (including phenoxy) is 3. The van der Waals surface area contributed by atoms with Crippen LogP contribution < -0.4 is 0 Å². The van der Waals surface area contributed by atoms with Crippen molar-refractivity contribution < 1.29 is 36.2 Å². The summed E-state index contributed by atoms with van der Waals surface area (Å²) in [6, 6.07) is 10.5. The van der Waals surface area contributed by atoms with Gasteiger partial charge in [0.05, 0.1) is 25.2 Å². The van der Waals surface area contributed by atoms with Crippen LogP contribution in [-0.2, 0) is 20.6 Å². The van der Waals surface area contributed by atoms with Gasteiger partial charge in [-0.1, -0.05) is 44.0 Å². The molecular weight excluding hydrogens is 551 g/mol. The van der Waals surface area contributed by atoms with Crippen LogP contribution in [0.3, 0.4) is 0 Å². The van der Waals surface area contributed by atoms with Crippen LogP contribution in [0.2, 0.25) is 0 Å². The van der Waals surface area contributed by atoms with Crippen LogP contribution in [0, 0.1) is 35.2 Å². The summed E-state index contributed by atoms with van der Waals surface area (Å²) in [7, 11) is 0. The Morgan fingerprint density at radius 1 is 0.762 bits per heavy atom. The molecule has 1 heterocycles. The normalized spacial score (nSPS) is 29.0. The van der Waals surface area contributed by atoms with E-state index in [1.807, 2.05) is 0 Å². The number of hydrogen-bond acceptors (Lipinski definition) is 3. The second kappa shape index (κ2) is 14.2. The Labute approximate surface area is 246 Å². The maximum atomic E-state index is 15.2. The molecule has 0 bridgehead atoms. The molecule has 0 spiro atoms. The molecule has 0 unspecified atom stereocenters. The molecule has 0 aromatic heterocycles. The second-order valence-corrected chi connectivity index (χ2v) is 12.5. The Morgan fingerprint density at radius 3 is 1.98 bits per heavy atom. The van der Waals surface area contributed by atoms with Crippen LogP contribution in [0.1, 0.15) is 106 Å². The Kier molecular flexibility index (Phi) is 10.6. The quantitative estimate of drug-likeness (QED) is 0.156. The first-order chi connectivity index (χ1) is 20.2. The molecule has 2 aromatic rings. The van der Waals surface area contributed by atoms with E-state index in [4.69, 9.17) is 14.2 Å². The van der Waals surface area contributed by atoms with Crippen molar-refractivity contribution in [3.05, 3.63) is 70.5 Å². The summed E-state index contributed by atoms with van der Waals surface area (Å²) in [6.07, 6.45) is 5.16. The minimum Gasteiger partial charge on any atom is -0.348 e. The van der Waals surface area contributed by atoms with E-state index in [1.54, 1.807) is 0 Å². The topological polar surface area (TPSA) is 27.7 Å². The molecule has 8 heteroatoms. The minimum absolute atomic E-state index is 0.0542. The molecule has 42 heavy (non-hydrogen) atoms. The van der Waals surface area contributed by atoms with Gasteiger partial charge in [0.2, 0.25) is 0 Å². The fraction of sp³-hybridized carbons (Fsp3) is 0.647. The van der Waals surface area contributed by atoms with Gasteiger partial charge in [-0.3, -0.25) is 0 Å². The maximum absolute atomic E-state index is 15.2. The Balaban J connectivity index is 1.03. The van der Waals surface area contributed by atoms with Gasteiger partial charge in [0.1, 0.15) is 0 Å². The second-order valence-electron chi connectivity index (χ2n) is 12.5. The van der Waals surface area contributed by atoms with Gasteiger partial charge >= 0.3 is 6.11 Å². The summed E-state index contributed by atoms with van der Waals surface area (Å²) >= 11 is 0. The fourth-order valence-corrected chi connectivity index (χ4v) is 6.99. The number of benzene rings is 2. The Bertz CT molecular complexity index is 1110. The molecule has 3 aliphatic rings. The van der Waals surface area contributed by atoms with Crippen molar-refractivity contribution >= 4 is 0 Å². The van der Waals surface area contributed by atoms with Gasteiger partial charge < -0.3 is 14.2 Å². The lowest BCUT2D eigenvalue weighted by Gasteiger charge is -2.40. The molecule has 2 aliphatic carbocycles. The minimum atomic E-state index is -3.13. The van der Waals surface area contributed by atoms with Crippen LogP contribution in [0.15, 0.2) is 36.4 Å². The lowest BCUT2D eigenvalue weighted by molar-refractivity contribution is -0.302. The van der Waals surface area contributed by atoms with Gasteiger partial charge in [-0.2, -0.15) is 8.78 Å². The van der Waals surface area contributed by atoms with Gasteiger partial charge in [0, 0.05) is 11.5 Å². The average molecular weight is 595 g/mol. The summed E-state index contributed by atoms with van der Waals surface area (Å²) in [4.78, 5) is 0. The monoisotopic (exact) mass is 594 g/mol. The molecule has 0 radical (unpaired) electrons. The van der Waals surface area contributed by atoms with Crippen molar-refractivity contribution in [3.63, 3.8) is 0 Å². The van der Waals surface area contributed by atoms with Crippen LogP contribution in [0.5, 0.6) is 0 Å². The molecule has 232 valence electrons. The van der Waals surface area contributed by atoms with Gasteiger partial charge in [-0.05, 0) is 99.3 Å². The zero-order valence-corrected chi connectivity index (χ0v) is 24.4. The molecule has 1 saturated heterocycles. The van der Waals surface area contributed by atoms with Crippen LogP contribution in [0.25, 0.3) is 0 Å². The van der Waals surface area contributed by atoms with Crippen molar-refractivity contribution in [1.29, 1.82) is 0 Å². The maximum Gasteiger partial charge on any atom is 0.358 e. The van der Waals surface area contributed by atoms with Crippen molar-refractivity contribution in [2.24, 2.45) is 17.8 Å². The predicted molar refractivity (Wildman–Crippen MR) is 151 cm³/mol. The third kappa shape index (κ3) is 7.72. The zero-order valence-electron chi connectivity index (χ0n) is 24.4. The average Bonchev–Trinajstić information content (AvgIpc) is 3.00. The Morgan fingerprint density at radius 2 is 1.38 bits per heavy atom. The van der Waals surface area contributed by atoms with Gasteiger partial charge in [0.25, 0.3) is 0 Å². The van der Waals surface area contributed by atoms with Crippen molar-refractivity contribution in [3.8, 4) is 0 Å². The number of unbranched alkanes of at least 4 members (excludes halogenated alkanes) is 2. The van der Waals surface area contributed by atoms with Crippen LogP contribution >= 0.6 is 0 Å². The summed E-state index contributed by atoms with van der Waals surface area (Å²) in [5.74, 6) is -4.23. The van der Waals surface area contributed by atoms with E-state index in [9.17, 15) is 13.2 Å². The zero-order chi connectivity index (χ0) is 29.7. The number of hydrogen-bond donors (Lipinski definition) is 0. The van der Waals surface area contributed by atoms with E-state index in [-0.39, 0.29) is 17.4 Å². The summed E-state index contributed by atoms with van der Waals surface area (Å²) in [5.41, 5.74) is 2.70. The van der Waals surface area contributed by atoms with Crippen molar-refractivity contribution in [1.82, 2.24) is 0 Å². The van der Waals surface area contributed by atoms with E-state index in [0.717, 1.165) is 44.2 Å². The number of alkyl halides is 2. The molecule has 2 aromatic carbocycles. The van der Waals surface area contributed by atoms with Crippen LogP contribution in [0.4, 0.5) is 22.0 Å². The van der Waals surface area contributed by atoms with E-state index >= 15 is 8.78 Å². The lowest BCUT2D eigenvalue weighted by atomic mass is 9.77. The molecule has 0 amide bonds. The van der Waals surface area contributed by atoms with Gasteiger partial charge in [-0.25, -0.2) is 13.2 Å². The standard InChI is InChI=1S/C34H43F5O3/c1-2-3-4-5-22-6-8-23(9-7-22)24-10-14-28(15-11-24)34(38,39)42-29-16-12-25(13-17-29)27-20-40-33(41-21-27)26-18-30(35)32(37)31(36)19-26/h6-9,18-19,24-25,27-29,33H,2-5,10-17,20-21H2,1H3. The molecule has 3 fully saturated rings. The highest BCUT2D eigenvalue weighted by Crippen LogP contribution is 2.45. The highest BCUT2D eigenvalue weighted by Gasteiger charge is 2.45. The molecule has 0 atom stereocenters. The first-order valence-electron chi connectivity index (χ1n) is 15.8. The van der Waals surface area contributed by atoms with E-state index in [0.29, 0.717) is 44.8 Å². The van der Waals surface area contributed by atoms with Gasteiger partial charge in [0.15, 0.2) is 23.7 Å². The highest BCUT2D eigenvalue weighted by atomic mass is 19.3. The largest absolute Gasteiger partial charge is 0.358 e. The molecule has 5 rings (SSSR count). The van der Waals surface area contributed by atoms with Crippen molar-refractivity contribution in [2.75, 3.05) is 13.2 Å². The fourth-order valence-electron chi connectivity index (χ4n) is 6.99. The first-order valence-corrected chi connectivity index (χ1v) is 15.8. The molecule has 2 saturated carbocycles. The first kappa shape index (κ1) is 31.4. The smallest absolute Gasteiger partial charge is 0.348 e. The van der Waals surface area contributed by atoms with E-state index in [1.165, 1.54) is 30.4 Å². The van der Waals surface area contributed by atoms with E-state index < -0.39 is 41.9 Å². The van der Waals surface area contributed by atoms with E-state index in [2.05, 4.69) is 31.2 Å². The number of halogens is 5. The predicted octanol–water partition coefficient (Wildman–Crippen LogP) is 9.64. The summed E-state index contributed by atoms with van der Waals surface area (Å²) < 4.78 is 87.7. The Hall–Kier alpha value is -2.03. The van der Waals surface area contributed by atoms with Crippen molar-refractivity contribution in [2.45, 2.75) is 108 Å². The van der Waals surface area contributed by atoms with Gasteiger partial charge in [-0.15, -0.1) is 0 Å². The SMILES string of the molecule is CCCCCc1ccc(C2CCC(C(F)(F)OC3CCC(C4COC(c5cc(F)c(F)c(F)c5)OC4)CC3)CC2)cc1. The third-order valence-corrected chi connectivity index (χ3v) is 9.63. The third-order valence-electron chi connectivity index (χ3n) is 9.63. The summed E-state index contributed by atoms with van der Waals surface area (Å²) in [5, 5.41) is 0. The van der Waals surface area contributed by atoms with Crippen LogP contribution in [-0.4, -0.2) is 25.4 Å². The molecular formula is C34H43F5O3. The highest BCUT2D eigenvalue weighted by molar-refractivity contribution is 5.26. The number of rotatable bonds is 10. The molecule has 3 nitrogen and oxygen atoms in total. The molecule has 1 aliphatic heterocycles. The summed E-state index contributed by atoms with van der Waals surface area (Å²) in [6.45, 7) is 2.85. The lowest BCUT2D eigenvalue weighted by Crippen LogP contribution is -2.40.